The Kier molecular flexibility index (Phi) is 5.45. The zero-order valence-corrected chi connectivity index (χ0v) is 14.5. The molecule has 0 saturated carbocycles. The van der Waals surface area contributed by atoms with Crippen LogP contribution in [-0.2, 0) is 6.42 Å². The van der Waals surface area contributed by atoms with Crippen LogP contribution in [0.2, 0.25) is 0 Å². The maximum absolute atomic E-state index is 3.59. The molecule has 1 aromatic rings. The topological polar surface area (TPSA) is 15.3 Å². The Morgan fingerprint density at radius 3 is 2.43 bits per heavy atom. The molecule has 0 bridgehead atoms. The normalized spacial score (nSPS) is 18.7. The van der Waals surface area contributed by atoms with Gasteiger partial charge in [0.15, 0.2) is 0 Å². The van der Waals surface area contributed by atoms with Crippen molar-refractivity contribution in [1.29, 1.82) is 0 Å². The molecule has 2 rings (SSSR count). The van der Waals surface area contributed by atoms with Crippen LogP contribution in [-0.4, -0.2) is 36.6 Å². The molecule has 0 aliphatic carbocycles. The van der Waals surface area contributed by atoms with Gasteiger partial charge in [-0.3, -0.25) is 4.90 Å². The summed E-state index contributed by atoms with van der Waals surface area (Å²) in [5.41, 5.74) is 4.46. The van der Waals surface area contributed by atoms with Gasteiger partial charge in [0.25, 0.3) is 0 Å². The number of nitrogens with zero attached hydrogens (tertiary/aromatic N) is 1. The Balaban J connectivity index is 2.16. The van der Waals surface area contributed by atoms with Gasteiger partial charge in [-0.05, 0) is 78.2 Å². The van der Waals surface area contributed by atoms with E-state index in [0.29, 0.717) is 6.04 Å². The van der Waals surface area contributed by atoms with E-state index in [9.17, 15) is 0 Å². The quantitative estimate of drug-likeness (QED) is 0.889. The average molecular weight is 288 g/mol. The van der Waals surface area contributed by atoms with Crippen molar-refractivity contribution < 1.29 is 0 Å². The lowest BCUT2D eigenvalue weighted by Crippen LogP contribution is -2.59. The van der Waals surface area contributed by atoms with Gasteiger partial charge in [0, 0.05) is 11.6 Å². The summed E-state index contributed by atoms with van der Waals surface area (Å²) in [4.78, 5) is 2.68. The molecular weight excluding hydrogens is 256 g/mol. The van der Waals surface area contributed by atoms with Crippen LogP contribution in [0.1, 0.15) is 49.8 Å². The maximum atomic E-state index is 3.59. The summed E-state index contributed by atoms with van der Waals surface area (Å²) in [5, 5.41) is 3.59. The molecule has 1 saturated heterocycles. The van der Waals surface area contributed by atoms with Crippen molar-refractivity contribution >= 4 is 0 Å². The van der Waals surface area contributed by atoms with E-state index < -0.39 is 0 Å². The van der Waals surface area contributed by atoms with Crippen LogP contribution >= 0.6 is 0 Å². The summed E-state index contributed by atoms with van der Waals surface area (Å²) in [5.74, 6) is 0. The molecule has 0 spiro atoms. The van der Waals surface area contributed by atoms with Gasteiger partial charge in [0.05, 0.1) is 0 Å². The zero-order chi connectivity index (χ0) is 15.5. The summed E-state index contributed by atoms with van der Waals surface area (Å²) >= 11 is 0. The molecule has 2 heteroatoms. The Hall–Kier alpha value is -0.860. The molecule has 1 N–H and O–H groups in total. The number of likely N-dealkylation sites (tertiary alicyclic amines) is 1. The molecule has 1 aliphatic heterocycles. The first-order chi connectivity index (χ1) is 9.95. The first-order valence-electron chi connectivity index (χ1n) is 8.43. The minimum atomic E-state index is 0.200. The number of hydrogen-bond donors (Lipinski definition) is 1. The van der Waals surface area contributed by atoms with E-state index in [2.05, 4.69) is 63.2 Å². The minimum absolute atomic E-state index is 0.200. The van der Waals surface area contributed by atoms with Crippen molar-refractivity contribution in [2.45, 2.75) is 65.0 Å². The molecule has 21 heavy (non-hydrogen) atoms. The smallest absolute Gasteiger partial charge is 0.0309 e. The van der Waals surface area contributed by atoms with Crippen molar-refractivity contribution in [3.05, 3.63) is 34.9 Å². The highest BCUT2D eigenvalue weighted by Gasteiger charge is 2.35. The van der Waals surface area contributed by atoms with E-state index in [0.717, 1.165) is 6.42 Å². The van der Waals surface area contributed by atoms with E-state index in [1.165, 1.54) is 49.0 Å². The number of benzene rings is 1. The van der Waals surface area contributed by atoms with Crippen LogP contribution < -0.4 is 5.32 Å². The van der Waals surface area contributed by atoms with Crippen molar-refractivity contribution in [2.75, 3.05) is 20.1 Å². The lowest BCUT2D eigenvalue weighted by atomic mass is 9.85. The van der Waals surface area contributed by atoms with E-state index in [1.54, 1.807) is 0 Å². The van der Waals surface area contributed by atoms with Crippen molar-refractivity contribution in [3.8, 4) is 0 Å². The van der Waals surface area contributed by atoms with E-state index in [1.807, 2.05) is 0 Å². The van der Waals surface area contributed by atoms with Crippen LogP contribution in [0.3, 0.4) is 0 Å². The van der Waals surface area contributed by atoms with E-state index >= 15 is 0 Å². The second-order valence-corrected chi connectivity index (χ2v) is 7.18. The van der Waals surface area contributed by atoms with Crippen LogP contribution in [0.4, 0.5) is 0 Å². The predicted octanol–water partition coefficient (Wildman–Crippen LogP) is 3.70. The van der Waals surface area contributed by atoms with Crippen LogP contribution in [0.5, 0.6) is 0 Å². The molecule has 1 aromatic carbocycles. The van der Waals surface area contributed by atoms with Gasteiger partial charge in [-0.1, -0.05) is 30.2 Å². The first kappa shape index (κ1) is 16.5. The SMILES string of the molecule is CNC(Cc1cc(C)ccc1C)C(C)(C)N1CCCCC1. The summed E-state index contributed by atoms with van der Waals surface area (Å²) in [6.45, 7) is 11.7. The van der Waals surface area contributed by atoms with Gasteiger partial charge < -0.3 is 5.32 Å². The second kappa shape index (κ2) is 6.93. The molecule has 1 heterocycles. The highest BCUT2D eigenvalue weighted by Crippen LogP contribution is 2.26. The molecule has 1 atom stereocenters. The molecule has 1 unspecified atom stereocenters. The summed E-state index contributed by atoms with van der Waals surface area (Å²) < 4.78 is 0. The molecular formula is C19H32N2. The fourth-order valence-corrected chi connectivity index (χ4v) is 3.64. The highest BCUT2D eigenvalue weighted by atomic mass is 15.2. The average Bonchev–Trinajstić information content (AvgIpc) is 2.48. The predicted molar refractivity (Wildman–Crippen MR) is 92.0 cm³/mol. The Morgan fingerprint density at radius 1 is 1.14 bits per heavy atom. The van der Waals surface area contributed by atoms with Crippen LogP contribution in [0.15, 0.2) is 18.2 Å². The molecule has 1 aliphatic rings. The van der Waals surface area contributed by atoms with Crippen molar-refractivity contribution in [1.82, 2.24) is 10.2 Å². The number of aryl methyl sites for hydroxylation is 2. The second-order valence-electron chi connectivity index (χ2n) is 7.18. The molecule has 2 nitrogen and oxygen atoms in total. The Morgan fingerprint density at radius 2 is 1.81 bits per heavy atom. The third kappa shape index (κ3) is 3.87. The fraction of sp³-hybridized carbons (Fsp3) is 0.684. The third-order valence-electron chi connectivity index (χ3n) is 5.30. The van der Waals surface area contributed by atoms with Crippen LogP contribution in [0.25, 0.3) is 0 Å². The number of nitrogens with one attached hydrogen (secondary N) is 1. The fourth-order valence-electron chi connectivity index (χ4n) is 3.64. The lowest BCUT2D eigenvalue weighted by Gasteiger charge is -2.46. The van der Waals surface area contributed by atoms with Gasteiger partial charge in [0.1, 0.15) is 0 Å². The van der Waals surface area contributed by atoms with Gasteiger partial charge in [-0.2, -0.15) is 0 Å². The molecule has 0 aromatic heterocycles. The molecule has 0 radical (unpaired) electrons. The van der Waals surface area contributed by atoms with Gasteiger partial charge >= 0.3 is 0 Å². The number of hydrogen-bond acceptors (Lipinski definition) is 2. The first-order valence-corrected chi connectivity index (χ1v) is 8.43. The maximum Gasteiger partial charge on any atom is 0.0309 e. The van der Waals surface area contributed by atoms with E-state index in [-0.39, 0.29) is 5.54 Å². The molecule has 118 valence electrons. The van der Waals surface area contributed by atoms with Crippen molar-refractivity contribution in [2.24, 2.45) is 0 Å². The van der Waals surface area contributed by atoms with E-state index in [4.69, 9.17) is 0 Å². The largest absolute Gasteiger partial charge is 0.315 e. The molecule has 0 amide bonds. The summed E-state index contributed by atoms with van der Waals surface area (Å²) in [7, 11) is 2.11. The molecule has 1 fully saturated rings. The number of piperidine rings is 1. The lowest BCUT2D eigenvalue weighted by molar-refractivity contribution is 0.0635. The zero-order valence-electron chi connectivity index (χ0n) is 14.5. The number of rotatable bonds is 5. The minimum Gasteiger partial charge on any atom is -0.315 e. The third-order valence-corrected chi connectivity index (χ3v) is 5.30. The van der Waals surface area contributed by atoms with Crippen LogP contribution in [0, 0.1) is 13.8 Å². The Bertz CT molecular complexity index is 459. The highest BCUT2D eigenvalue weighted by molar-refractivity contribution is 5.31. The number of likely N-dealkylation sites (N-methyl/N-ethyl adjacent to an activating group) is 1. The van der Waals surface area contributed by atoms with Gasteiger partial charge in [0.2, 0.25) is 0 Å². The monoisotopic (exact) mass is 288 g/mol. The Labute approximate surface area is 130 Å². The summed E-state index contributed by atoms with van der Waals surface area (Å²) in [6.07, 6.45) is 5.20. The van der Waals surface area contributed by atoms with Gasteiger partial charge in [-0.25, -0.2) is 0 Å². The standard InChI is InChI=1S/C19H32N2/c1-15-9-10-16(2)17(13-15)14-18(20-5)19(3,4)21-11-7-6-8-12-21/h9-10,13,18,20H,6-8,11-12,14H2,1-5H3. The van der Waals surface area contributed by atoms with Crippen molar-refractivity contribution in [3.63, 3.8) is 0 Å². The van der Waals surface area contributed by atoms with Gasteiger partial charge in [-0.15, -0.1) is 0 Å². The summed E-state index contributed by atoms with van der Waals surface area (Å²) in [6, 6.07) is 7.30.